The first-order chi connectivity index (χ1) is 7.17. The van der Waals surface area contributed by atoms with Gasteiger partial charge in [-0.2, -0.15) is 0 Å². The van der Waals surface area contributed by atoms with Crippen LogP contribution >= 0.6 is 0 Å². The molecule has 0 amide bonds. The van der Waals surface area contributed by atoms with Crippen LogP contribution in [0.1, 0.15) is 67.7 Å². The second-order valence-corrected chi connectivity index (χ2v) is 9.37. The van der Waals surface area contributed by atoms with E-state index in [4.69, 9.17) is 0 Å². The molecule has 0 heterocycles. The Morgan fingerprint density at radius 2 is 1.12 bits per heavy atom. The highest BCUT2D eigenvalue weighted by Crippen LogP contribution is 2.46. The molecule has 1 unspecified atom stereocenters. The van der Waals surface area contributed by atoms with E-state index in [-0.39, 0.29) is 0 Å². The van der Waals surface area contributed by atoms with E-state index in [9.17, 15) is 0 Å². The van der Waals surface area contributed by atoms with Gasteiger partial charge in [-0.25, -0.2) is 0 Å². The number of hydrogen-bond donors (Lipinski definition) is 0. The van der Waals surface area contributed by atoms with Crippen LogP contribution < -0.4 is 0 Å². The molecular formula is C15H34Si. The van der Waals surface area contributed by atoms with Crippen LogP contribution in [0.4, 0.5) is 0 Å². The van der Waals surface area contributed by atoms with Gasteiger partial charge in [-0.1, -0.05) is 48.5 Å². The van der Waals surface area contributed by atoms with Crippen molar-refractivity contribution in [1.29, 1.82) is 0 Å². The third-order valence-corrected chi connectivity index (χ3v) is 5.57. The minimum absolute atomic E-state index is 0.673. The van der Waals surface area contributed by atoms with Crippen LogP contribution in [0.15, 0.2) is 0 Å². The number of rotatable bonds is 7. The molecule has 98 valence electrons. The molecule has 0 fully saturated rings. The van der Waals surface area contributed by atoms with Gasteiger partial charge in [-0.15, -0.1) is 0 Å². The van der Waals surface area contributed by atoms with E-state index in [1.54, 1.807) is 0 Å². The van der Waals surface area contributed by atoms with Crippen molar-refractivity contribution in [2.24, 2.45) is 23.7 Å². The molecule has 1 atom stereocenters. The Morgan fingerprint density at radius 1 is 0.750 bits per heavy atom. The van der Waals surface area contributed by atoms with E-state index in [1.165, 1.54) is 29.5 Å². The van der Waals surface area contributed by atoms with Crippen molar-refractivity contribution >= 4 is 10.2 Å². The molecule has 0 aromatic heterocycles. The first-order valence-electron chi connectivity index (χ1n) is 7.17. The molecule has 0 radical (unpaired) electrons. The molecular weight excluding hydrogens is 208 g/mol. The lowest BCUT2D eigenvalue weighted by Gasteiger charge is -2.40. The summed E-state index contributed by atoms with van der Waals surface area (Å²) >= 11 is 0. The number of hydrogen-bond acceptors (Lipinski definition) is 0. The van der Waals surface area contributed by atoms with Crippen LogP contribution in [0.3, 0.4) is 0 Å². The molecule has 0 N–H and O–H groups in total. The monoisotopic (exact) mass is 242 g/mol. The summed E-state index contributed by atoms with van der Waals surface area (Å²) < 4.78 is 0. The summed E-state index contributed by atoms with van der Waals surface area (Å²) in [5.41, 5.74) is 0. The van der Waals surface area contributed by atoms with E-state index in [0.29, 0.717) is 5.04 Å². The van der Waals surface area contributed by atoms with Gasteiger partial charge in [0.15, 0.2) is 0 Å². The highest BCUT2D eigenvalue weighted by molar-refractivity contribution is 6.15. The Morgan fingerprint density at radius 3 is 1.38 bits per heavy atom. The first kappa shape index (κ1) is 16.2. The summed E-state index contributed by atoms with van der Waals surface area (Å²) in [6, 6.07) is 0. The average Bonchev–Trinajstić information content (AvgIpc) is 1.98. The van der Waals surface area contributed by atoms with Crippen LogP contribution in [-0.4, -0.2) is 10.2 Å². The third kappa shape index (κ3) is 6.08. The molecule has 0 rings (SSSR count). The molecule has 0 aliphatic rings. The second-order valence-electron chi connectivity index (χ2n) is 7.38. The third-order valence-electron chi connectivity index (χ3n) is 3.76. The average molecular weight is 243 g/mol. The zero-order valence-corrected chi connectivity index (χ0v) is 14.9. The molecule has 0 aliphatic carbocycles. The normalized spacial score (nSPS) is 15.4. The molecule has 16 heavy (non-hydrogen) atoms. The minimum Gasteiger partial charge on any atom is -0.0628 e. The van der Waals surface area contributed by atoms with Crippen molar-refractivity contribution in [2.75, 3.05) is 0 Å². The van der Waals surface area contributed by atoms with E-state index < -0.39 is 0 Å². The fourth-order valence-electron chi connectivity index (χ4n) is 3.34. The summed E-state index contributed by atoms with van der Waals surface area (Å²) in [6.07, 6.45) is 4.28. The van der Waals surface area contributed by atoms with E-state index in [2.05, 4.69) is 48.5 Å². The van der Waals surface area contributed by atoms with Crippen LogP contribution in [0, 0.1) is 23.7 Å². The van der Waals surface area contributed by atoms with Crippen molar-refractivity contribution < 1.29 is 0 Å². The SMILES string of the molecule is CC(C)CC(C)C([SiH3])(CC(C)C)CC(C)C. The molecule has 0 aliphatic heterocycles. The lowest BCUT2D eigenvalue weighted by molar-refractivity contribution is 0.245. The Kier molecular flexibility index (Phi) is 6.92. The molecule has 0 saturated heterocycles. The van der Waals surface area contributed by atoms with Crippen molar-refractivity contribution in [3.8, 4) is 0 Å². The van der Waals surface area contributed by atoms with Gasteiger partial charge in [0.25, 0.3) is 0 Å². The summed E-state index contributed by atoms with van der Waals surface area (Å²) in [6.45, 7) is 16.8. The van der Waals surface area contributed by atoms with E-state index in [0.717, 1.165) is 23.7 Å². The largest absolute Gasteiger partial charge is 0.0628 e. The summed E-state index contributed by atoms with van der Waals surface area (Å²) in [5, 5.41) is 0.673. The fourth-order valence-corrected chi connectivity index (χ4v) is 5.21. The molecule has 0 aromatic carbocycles. The Bertz CT molecular complexity index is 172. The molecule has 1 heteroatoms. The van der Waals surface area contributed by atoms with Gasteiger partial charge in [0.05, 0.1) is 0 Å². The van der Waals surface area contributed by atoms with E-state index >= 15 is 0 Å². The Hall–Kier alpha value is 0.217. The van der Waals surface area contributed by atoms with Gasteiger partial charge in [0, 0.05) is 10.2 Å². The van der Waals surface area contributed by atoms with Gasteiger partial charge in [-0.3, -0.25) is 0 Å². The van der Waals surface area contributed by atoms with Crippen molar-refractivity contribution in [3.05, 3.63) is 0 Å². The van der Waals surface area contributed by atoms with Crippen LogP contribution in [0.5, 0.6) is 0 Å². The first-order valence-corrected chi connectivity index (χ1v) is 8.17. The van der Waals surface area contributed by atoms with Gasteiger partial charge < -0.3 is 0 Å². The van der Waals surface area contributed by atoms with Gasteiger partial charge >= 0.3 is 0 Å². The van der Waals surface area contributed by atoms with Crippen LogP contribution in [0.2, 0.25) is 5.04 Å². The lowest BCUT2D eigenvalue weighted by atomic mass is 9.76. The Balaban J connectivity index is 4.62. The highest BCUT2D eigenvalue weighted by atomic mass is 28.1. The summed E-state index contributed by atoms with van der Waals surface area (Å²) in [4.78, 5) is 0. The van der Waals surface area contributed by atoms with Crippen LogP contribution in [0.25, 0.3) is 0 Å². The predicted octanol–water partition coefficient (Wildman–Crippen LogP) is 4.28. The topological polar surface area (TPSA) is 0 Å². The molecule has 0 nitrogen and oxygen atoms in total. The van der Waals surface area contributed by atoms with Gasteiger partial charge in [0.2, 0.25) is 0 Å². The lowest BCUT2D eigenvalue weighted by Crippen LogP contribution is -2.27. The van der Waals surface area contributed by atoms with Gasteiger partial charge in [-0.05, 0) is 48.0 Å². The maximum absolute atomic E-state index is 2.50. The maximum atomic E-state index is 2.50. The second kappa shape index (κ2) is 6.83. The predicted molar refractivity (Wildman–Crippen MR) is 80.2 cm³/mol. The maximum Gasteiger partial charge on any atom is 0.0110 e. The zero-order chi connectivity index (χ0) is 12.9. The molecule has 0 aromatic rings. The van der Waals surface area contributed by atoms with E-state index in [1.807, 2.05) is 0 Å². The fraction of sp³-hybridized carbons (Fsp3) is 1.00. The smallest absolute Gasteiger partial charge is 0.0110 e. The van der Waals surface area contributed by atoms with Gasteiger partial charge in [0.1, 0.15) is 0 Å². The van der Waals surface area contributed by atoms with Crippen molar-refractivity contribution in [1.82, 2.24) is 0 Å². The molecule has 0 saturated carbocycles. The van der Waals surface area contributed by atoms with Crippen molar-refractivity contribution in [3.63, 3.8) is 0 Å². The zero-order valence-electron chi connectivity index (χ0n) is 12.9. The quantitative estimate of drug-likeness (QED) is 0.584. The highest BCUT2D eigenvalue weighted by Gasteiger charge is 2.32. The Labute approximate surface area is 107 Å². The summed E-state index contributed by atoms with van der Waals surface area (Å²) in [7, 11) is 1.35. The minimum atomic E-state index is 0.673. The standard InChI is InChI=1S/C15H34Si/c1-11(2)8-14(7)15(16,9-12(3)4)10-13(5)6/h11-14H,8-10H2,1-7,16H3. The van der Waals surface area contributed by atoms with Crippen molar-refractivity contribution in [2.45, 2.75) is 72.8 Å². The molecule has 0 spiro atoms. The summed E-state index contributed by atoms with van der Waals surface area (Å²) in [5.74, 6) is 3.46. The van der Waals surface area contributed by atoms with Crippen LogP contribution in [-0.2, 0) is 0 Å². The molecule has 0 bridgehead atoms.